The summed E-state index contributed by atoms with van der Waals surface area (Å²) in [5.41, 5.74) is 0. The second kappa shape index (κ2) is 3.86. The van der Waals surface area contributed by atoms with Crippen molar-refractivity contribution in [2.75, 3.05) is 19.6 Å². The molecule has 11 heavy (non-hydrogen) atoms. The highest BCUT2D eigenvalue weighted by Gasteiger charge is 2.32. The van der Waals surface area contributed by atoms with Gasteiger partial charge in [0, 0.05) is 12.8 Å². The van der Waals surface area contributed by atoms with Gasteiger partial charge in [0.05, 0.1) is 19.6 Å². The summed E-state index contributed by atoms with van der Waals surface area (Å²) in [5, 5.41) is 0. The maximum Gasteiger partial charge on any atom is 0.442 e. The molecule has 1 amide bonds. The summed E-state index contributed by atoms with van der Waals surface area (Å²) in [5.74, 6) is 0. The number of amides is 1. The lowest BCUT2D eigenvalue weighted by atomic mass is 10.3. The smallest absolute Gasteiger partial charge is 0.248 e. The van der Waals surface area contributed by atoms with Gasteiger partial charge in [-0.3, -0.25) is 0 Å². The van der Waals surface area contributed by atoms with Gasteiger partial charge in [0.15, 0.2) is 0 Å². The molecule has 2 nitrogen and oxygen atoms in total. The van der Waals surface area contributed by atoms with E-state index in [1.54, 1.807) is 0 Å². The molecular weight excluding hydrogens is 138 g/mol. The van der Waals surface area contributed by atoms with Crippen LogP contribution in [0.2, 0.25) is 0 Å². The molecular formula is C9H17NO+. The highest BCUT2D eigenvalue weighted by molar-refractivity contribution is 5.38. The second-order valence-electron chi connectivity index (χ2n) is 3.47. The molecule has 0 atom stereocenters. The third-order valence-corrected chi connectivity index (χ3v) is 2.56. The molecule has 0 aromatic rings. The molecule has 0 aliphatic carbocycles. The van der Waals surface area contributed by atoms with E-state index in [2.05, 4.69) is 13.3 Å². The lowest BCUT2D eigenvalue weighted by molar-refractivity contribution is -0.826. The summed E-state index contributed by atoms with van der Waals surface area (Å²) in [6, 6.07) is 0. The van der Waals surface area contributed by atoms with Crippen molar-refractivity contribution in [1.29, 1.82) is 0 Å². The Hall–Kier alpha value is -0.370. The van der Waals surface area contributed by atoms with E-state index in [9.17, 15) is 4.79 Å². The Kier molecular flexibility index (Phi) is 3.06. The lowest BCUT2D eigenvalue weighted by Gasteiger charge is -2.23. The van der Waals surface area contributed by atoms with Crippen molar-refractivity contribution in [3.8, 4) is 0 Å². The van der Waals surface area contributed by atoms with Crippen molar-refractivity contribution in [3.63, 3.8) is 0 Å². The largest absolute Gasteiger partial charge is 0.442 e. The Balaban J connectivity index is 2.39. The van der Waals surface area contributed by atoms with Gasteiger partial charge in [-0.15, -0.1) is 0 Å². The van der Waals surface area contributed by atoms with Gasteiger partial charge in [0.1, 0.15) is 0 Å². The lowest BCUT2D eigenvalue weighted by Crippen LogP contribution is -2.44. The zero-order valence-electron chi connectivity index (χ0n) is 7.31. The molecule has 1 rings (SSSR count). The second-order valence-corrected chi connectivity index (χ2v) is 3.47. The predicted molar refractivity (Wildman–Crippen MR) is 44.7 cm³/mol. The number of hydrogen-bond acceptors (Lipinski definition) is 1. The van der Waals surface area contributed by atoms with E-state index < -0.39 is 0 Å². The van der Waals surface area contributed by atoms with Crippen molar-refractivity contribution < 1.29 is 9.28 Å². The van der Waals surface area contributed by atoms with E-state index in [0.717, 1.165) is 26.1 Å². The van der Waals surface area contributed by atoms with Gasteiger partial charge < -0.3 is 0 Å². The normalized spacial score (nSPS) is 21.9. The van der Waals surface area contributed by atoms with Crippen LogP contribution in [0.3, 0.4) is 0 Å². The van der Waals surface area contributed by atoms with E-state index in [0.29, 0.717) is 4.48 Å². The van der Waals surface area contributed by atoms with Gasteiger partial charge in [-0.1, -0.05) is 13.3 Å². The van der Waals surface area contributed by atoms with Crippen molar-refractivity contribution in [3.05, 3.63) is 0 Å². The van der Waals surface area contributed by atoms with Crippen molar-refractivity contribution in [2.24, 2.45) is 0 Å². The molecule has 0 saturated carbocycles. The highest BCUT2D eigenvalue weighted by Crippen LogP contribution is 2.17. The highest BCUT2D eigenvalue weighted by atomic mass is 16.1. The fourth-order valence-electron chi connectivity index (χ4n) is 1.76. The molecule has 1 heterocycles. The Labute approximate surface area is 68.8 Å². The monoisotopic (exact) mass is 155 g/mol. The molecule has 1 aliphatic rings. The minimum Gasteiger partial charge on any atom is -0.248 e. The van der Waals surface area contributed by atoms with Crippen LogP contribution in [0.25, 0.3) is 0 Å². The first-order valence-electron chi connectivity index (χ1n) is 4.58. The first kappa shape index (κ1) is 8.72. The summed E-state index contributed by atoms with van der Waals surface area (Å²) < 4.78 is 0.619. The molecule has 1 aliphatic heterocycles. The van der Waals surface area contributed by atoms with Crippen molar-refractivity contribution >= 4 is 6.41 Å². The zero-order chi connectivity index (χ0) is 8.16. The minimum absolute atomic E-state index is 0.619. The van der Waals surface area contributed by atoms with E-state index in [4.69, 9.17) is 0 Å². The predicted octanol–water partition coefficient (Wildman–Crippen LogP) is 1.46. The van der Waals surface area contributed by atoms with Gasteiger partial charge in [0.2, 0.25) is 0 Å². The topological polar surface area (TPSA) is 17.1 Å². The number of likely N-dealkylation sites (tertiary alicyclic amines) is 1. The van der Waals surface area contributed by atoms with Crippen LogP contribution < -0.4 is 0 Å². The first-order chi connectivity index (χ1) is 5.33. The molecule has 0 unspecified atom stereocenters. The Morgan fingerprint density at radius 2 is 2.00 bits per heavy atom. The Morgan fingerprint density at radius 3 is 2.45 bits per heavy atom. The summed E-state index contributed by atoms with van der Waals surface area (Å²) in [7, 11) is 0. The van der Waals surface area contributed by atoms with Crippen LogP contribution in [0.15, 0.2) is 0 Å². The molecule has 0 aromatic carbocycles. The van der Waals surface area contributed by atoms with E-state index in [1.165, 1.54) is 19.3 Å². The molecule has 1 saturated heterocycles. The molecule has 0 spiro atoms. The van der Waals surface area contributed by atoms with E-state index in [1.807, 2.05) is 0 Å². The van der Waals surface area contributed by atoms with Crippen LogP contribution >= 0.6 is 0 Å². The third kappa shape index (κ3) is 2.03. The van der Waals surface area contributed by atoms with Crippen molar-refractivity contribution in [1.82, 2.24) is 0 Å². The van der Waals surface area contributed by atoms with Crippen LogP contribution in [0.1, 0.15) is 32.6 Å². The maximum atomic E-state index is 10.7. The number of hydrogen-bond donors (Lipinski definition) is 0. The van der Waals surface area contributed by atoms with Crippen LogP contribution in [0, 0.1) is 0 Å². The maximum absolute atomic E-state index is 10.7. The van der Waals surface area contributed by atoms with Crippen LogP contribution in [-0.4, -0.2) is 30.5 Å². The zero-order valence-corrected chi connectivity index (χ0v) is 7.31. The van der Waals surface area contributed by atoms with Crippen molar-refractivity contribution in [2.45, 2.75) is 32.6 Å². The van der Waals surface area contributed by atoms with Gasteiger partial charge in [0.25, 0.3) is 0 Å². The van der Waals surface area contributed by atoms with Gasteiger partial charge in [-0.2, -0.15) is 0 Å². The average molecular weight is 155 g/mol. The Bertz CT molecular complexity index is 128. The molecule has 0 aromatic heterocycles. The van der Waals surface area contributed by atoms with Crippen LogP contribution in [-0.2, 0) is 4.79 Å². The number of carbonyl (C=O) groups excluding carboxylic acids is 1. The van der Waals surface area contributed by atoms with Gasteiger partial charge in [-0.25, -0.2) is 9.28 Å². The minimum atomic E-state index is 0.619. The molecule has 0 bridgehead atoms. The summed E-state index contributed by atoms with van der Waals surface area (Å²) in [6.07, 6.45) is 6.96. The number of nitrogens with zero attached hydrogens (tertiary/aromatic N) is 1. The number of rotatable bonds is 4. The van der Waals surface area contributed by atoms with Gasteiger partial charge in [-0.05, 0) is 6.42 Å². The molecule has 1 fully saturated rings. The molecule has 2 heteroatoms. The first-order valence-corrected chi connectivity index (χ1v) is 4.58. The fourth-order valence-corrected chi connectivity index (χ4v) is 1.76. The van der Waals surface area contributed by atoms with E-state index in [-0.39, 0.29) is 0 Å². The quantitative estimate of drug-likeness (QED) is 0.562. The Morgan fingerprint density at radius 1 is 1.36 bits per heavy atom. The summed E-state index contributed by atoms with van der Waals surface area (Å²) >= 11 is 0. The number of quaternary nitrogens is 1. The fraction of sp³-hybridized carbons (Fsp3) is 0.889. The van der Waals surface area contributed by atoms with Crippen LogP contribution in [0.5, 0.6) is 0 Å². The molecule has 63 valence electrons. The average Bonchev–Trinajstić information content (AvgIpc) is 2.50. The molecule has 1 radical (unpaired) electrons. The SMILES string of the molecule is CCCC[N+]1([C]=O)CCCC1. The number of unbranched alkanes of at least 4 members (excludes halogenated alkanes) is 1. The third-order valence-electron chi connectivity index (χ3n) is 2.56. The molecule has 0 N–H and O–H groups in total. The van der Waals surface area contributed by atoms with E-state index >= 15 is 0 Å². The summed E-state index contributed by atoms with van der Waals surface area (Å²) in [4.78, 5) is 10.7. The van der Waals surface area contributed by atoms with Crippen LogP contribution in [0.4, 0.5) is 0 Å². The summed E-state index contributed by atoms with van der Waals surface area (Å²) in [6.45, 7) is 5.24. The standard InChI is InChI=1S/C9H17NO/c1-2-3-6-10(9-11)7-4-5-8-10/h2-8H2,1H3/q+1. The van der Waals surface area contributed by atoms with Gasteiger partial charge >= 0.3 is 6.41 Å².